The lowest BCUT2D eigenvalue weighted by atomic mass is 9.91. The Kier molecular flexibility index (Phi) is 4.32. The third-order valence-electron chi connectivity index (χ3n) is 3.54. The number of nitrogens with one attached hydrogen (secondary N) is 1. The second kappa shape index (κ2) is 5.83. The summed E-state index contributed by atoms with van der Waals surface area (Å²) in [4.78, 5) is 23.6. The van der Waals surface area contributed by atoms with E-state index in [-0.39, 0.29) is 5.56 Å². The van der Waals surface area contributed by atoms with E-state index < -0.39 is 23.2 Å². The zero-order chi connectivity index (χ0) is 14.8. The number of carbonyl (C=O) groups excluding carboxylic acids is 1. The molecule has 0 unspecified atom stereocenters. The van der Waals surface area contributed by atoms with E-state index in [1.807, 2.05) is 0 Å². The summed E-state index contributed by atoms with van der Waals surface area (Å²) in [7, 11) is 0. The fourth-order valence-corrected chi connectivity index (χ4v) is 3.33. The highest BCUT2D eigenvalue weighted by Crippen LogP contribution is 2.28. The molecule has 0 spiro atoms. The Morgan fingerprint density at radius 1 is 1.35 bits per heavy atom. The van der Waals surface area contributed by atoms with Crippen LogP contribution >= 0.6 is 11.8 Å². The van der Waals surface area contributed by atoms with Crippen molar-refractivity contribution in [1.82, 2.24) is 5.32 Å². The number of thioether (sulfide) groups is 1. The van der Waals surface area contributed by atoms with Crippen LogP contribution < -0.4 is 5.32 Å². The molecule has 0 bridgehead atoms. The molecule has 0 atom stereocenters. The van der Waals surface area contributed by atoms with Gasteiger partial charge in [-0.25, -0.2) is 9.18 Å². The van der Waals surface area contributed by atoms with Crippen molar-refractivity contribution >= 4 is 23.6 Å². The predicted octanol–water partition coefficient (Wildman–Crippen LogP) is 2.21. The van der Waals surface area contributed by atoms with Crippen molar-refractivity contribution in [1.29, 1.82) is 0 Å². The van der Waals surface area contributed by atoms with E-state index in [4.69, 9.17) is 0 Å². The van der Waals surface area contributed by atoms with Crippen LogP contribution in [0.25, 0.3) is 0 Å². The van der Waals surface area contributed by atoms with E-state index in [0.29, 0.717) is 29.9 Å². The van der Waals surface area contributed by atoms with Gasteiger partial charge in [0.15, 0.2) is 0 Å². The number of hydrogen-bond acceptors (Lipinski definition) is 3. The molecule has 1 heterocycles. The molecule has 1 saturated heterocycles. The number of carbonyl (C=O) groups is 2. The van der Waals surface area contributed by atoms with Crippen molar-refractivity contribution in [2.45, 2.75) is 25.3 Å². The van der Waals surface area contributed by atoms with Crippen molar-refractivity contribution in [2.75, 3.05) is 11.5 Å². The number of hydrogen-bond donors (Lipinski definition) is 2. The Hall–Kier alpha value is -1.56. The zero-order valence-corrected chi connectivity index (χ0v) is 11.9. The van der Waals surface area contributed by atoms with Gasteiger partial charge in [-0.2, -0.15) is 11.8 Å². The van der Waals surface area contributed by atoms with Gasteiger partial charge in [0.25, 0.3) is 5.91 Å². The molecule has 4 nitrogen and oxygen atoms in total. The van der Waals surface area contributed by atoms with Crippen LogP contribution in [-0.2, 0) is 4.79 Å². The van der Waals surface area contributed by atoms with Crippen LogP contribution in [0.3, 0.4) is 0 Å². The minimum Gasteiger partial charge on any atom is -0.480 e. The molecule has 0 radical (unpaired) electrons. The highest BCUT2D eigenvalue weighted by Gasteiger charge is 2.41. The smallest absolute Gasteiger partial charge is 0.329 e. The second-order valence-corrected chi connectivity index (χ2v) is 6.14. The van der Waals surface area contributed by atoms with E-state index >= 15 is 0 Å². The second-order valence-electron chi connectivity index (χ2n) is 4.92. The average Bonchev–Trinajstić information content (AvgIpc) is 2.42. The van der Waals surface area contributed by atoms with Gasteiger partial charge in [0, 0.05) is 5.56 Å². The van der Waals surface area contributed by atoms with Crippen LogP contribution in [0.4, 0.5) is 4.39 Å². The van der Waals surface area contributed by atoms with Gasteiger partial charge in [-0.15, -0.1) is 0 Å². The molecule has 1 fully saturated rings. The van der Waals surface area contributed by atoms with Gasteiger partial charge in [0.1, 0.15) is 11.4 Å². The first-order chi connectivity index (χ1) is 9.44. The summed E-state index contributed by atoms with van der Waals surface area (Å²) in [6.45, 7) is 1.61. The van der Waals surface area contributed by atoms with E-state index in [0.717, 1.165) is 6.07 Å². The molecule has 0 aromatic heterocycles. The van der Waals surface area contributed by atoms with Crippen LogP contribution in [0.15, 0.2) is 18.2 Å². The molecule has 1 aliphatic heterocycles. The lowest BCUT2D eigenvalue weighted by Gasteiger charge is -2.33. The molecular weight excluding hydrogens is 281 g/mol. The monoisotopic (exact) mass is 297 g/mol. The SMILES string of the molecule is Cc1ccc(C(=O)NC2(C(=O)O)CCSCC2)cc1F. The van der Waals surface area contributed by atoms with Crippen LogP contribution in [-0.4, -0.2) is 34.0 Å². The predicted molar refractivity (Wildman–Crippen MR) is 75.5 cm³/mol. The van der Waals surface area contributed by atoms with Crippen LogP contribution in [0, 0.1) is 12.7 Å². The maximum absolute atomic E-state index is 13.5. The largest absolute Gasteiger partial charge is 0.480 e. The first kappa shape index (κ1) is 14.8. The molecule has 108 valence electrons. The lowest BCUT2D eigenvalue weighted by Crippen LogP contribution is -2.56. The summed E-state index contributed by atoms with van der Waals surface area (Å²) < 4.78 is 13.5. The molecule has 0 aliphatic carbocycles. The van der Waals surface area contributed by atoms with Crippen LogP contribution in [0.5, 0.6) is 0 Å². The summed E-state index contributed by atoms with van der Waals surface area (Å²) in [6.07, 6.45) is 0.764. The summed E-state index contributed by atoms with van der Waals surface area (Å²) in [5, 5.41) is 12.0. The number of aliphatic carboxylic acids is 1. The Labute approximate surface area is 120 Å². The van der Waals surface area contributed by atoms with Gasteiger partial charge in [-0.1, -0.05) is 6.07 Å². The van der Waals surface area contributed by atoms with Crippen molar-refractivity contribution in [3.8, 4) is 0 Å². The van der Waals surface area contributed by atoms with Gasteiger partial charge in [-0.3, -0.25) is 4.79 Å². The number of aryl methyl sites for hydroxylation is 1. The molecule has 1 aromatic carbocycles. The van der Waals surface area contributed by atoms with Crippen molar-refractivity contribution in [2.24, 2.45) is 0 Å². The number of carboxylic acid groups (broad SMARTS) is 1. The number of benzene rings is 1. The quantitative estimate of drug-likeness (QED) is 0.897. The van der Waals surface area contributed by atoms with Crippen LogP contribution in [0.2, 0.25) is 0 Å². The maximum atomic E-state index is 13.5. The molecule has 2 N–H and O–H groups in total. The number of carboxylic acids is 1. The fraction of sp³-hybridized carbons (Fsp3) is 0.429. The Morgan fingerprint density at radius 2 is 2.00 bits per heavy atom. The molecule has 20 heavy (non-hydrogen) atoms. The van der Waals surface area contributed by atoms with Gasteiger partial charge in [0.05, 0.1) is 0 Å². The molecule has 1 aromatic rings. The molecule has 1 aliphatic rings. The molecule has 0 saturated carbocycles. The third-order valence-corrected chi connectivity index (χ3v) is 4.53. The Balaban J connectivity index is 2.20. The number of rotatable bonds is 3. The average molecular weight is 297 g/mol. The summed E-state index contributed by atoms with van der Waals surface area (Å²) in [5.41, 5.74) is -0.639. The number of amides is 1. The molecule has 2 rings (SSSR count). The normalized spacial score (nSPS) is 17.5. The first-order valence-corrected chi connectivity index (χ1v) is 7.50. The van der Waals surface area contributed by atoms with Crippen molar-refractivity contribution in [3.63, 3.8) is 0 Å². The van der Waals surface area contributed by atoms with Crippen LogP contribution in [0.1, 0.15) is 28.8 Å². The third kappa shape index (κ3) is 2.95. The molecule has 1 amide bonds. The van der Waals surface area contributed by atoms with E-state index in [9.17, 15) is 19.1 Å². The van der Waals surface area contributed by atoms with E-state index in [1.54, 1.807) is 18.7 Å². The van der Waals surface area contributed by atoms with Gasteiger partial charge >= 0.3 is 5.97 Å². The summed E-state index contributed by atoms with van der Waals surface area (Å²) >= 11 is 1.67. The topological polar surface area (TPSA) is 66.4 Å². The first-order valence-electron chi connectivity index (χ1n) is 6.34. The number of halogens is 1. The summed E-state index contributed by atoms with van der Waals surface area (Å²) in [6, 6.07) is 4.15. The standard InChI is InChI=1S/C14H16FNO3S/c1-9-2-3-10(8-11(9)15)12(17)16-14(13(18)19)4-6-20-7-5-14/h2-3,8H,4-7H2,1H3,(H,16,17)(H,18,19). The van der Waals surface area contributed by atoms with Gasteiger partial charge < -0.3 is 10.4 Å². The van der Waals surface area contributed by atoms with Gasteiger partial charge in [-0.05, 0) is 49.0 Å². The Morgan fingerprint density at radius 3 is 2.55 bits per heavy atom. The van der Waals surface area contributed by atoms with E-state index in [2.05, 4.69) is 5.32 Å². The Bertz CT molecular complexity index is 541. The van der Waals surface area contributed by atoms with Crippen molar-refractivity contribution in [3.05, 3.63) is 35.1 Å². The molecule has 6 heteroatoms. The highest BCUT2D eigenvalue weighted by atomic mass is 32.2. The maximum Gasteiger partial charge on any atom is 0.329 e. The van der Waals surface area contributed by atoms with E-state index in [1.165, 1.54) is 12.1 Å². The zero-order valence-electron chi connectivity index (χ0n) is 11.1. The fourth-order valence-electron chi connectivity index (χ4n) is 2.14. The summed E-state index contributed by atoms with van der Waals surface area (Å²) in [5.74, 6) is -0.665. The van der Waals surface area contributed by atoms with Crippen molar-refractivity contribution < 1.29 is 19.1 Å². The molecular formula is C14H16FNO3S. The van der Waals surface area contributed by atoms with Gasteiger partial charge in [0.2, 0.25) is 0 Å². The minimum absolute atomic E-state index is 0.145. The highest BCUT2D eigenvalue weighted by molar-refractivity contribution is 7.99. The minimum atomic E-state index is -1.23. The lowest BCUT2D eigenvalue weighted by molar-refractivity contribution is -0.144.